The normalized spacial score (nSPS) is 13.2. The first-order chi connectivity index (χ1) is 17.0. The number of carbonyl (C=O) groups excluding carboxylic acids is 1. The number of pyridine rings is 1. The minimum absolute atomic E-state index is 0.0322. The molecule has 2 aromatic heterocycles. The number of nitrogens with zero attached hydrogens (tertiary/aromatic N) is 4. The van der Waals surface area contributed by atoms with Gasteiger partial charge in [0.25, 0.3) is 0 Å². The Morgan fingerprint density at radius 3 is 2.71 bits per heavy atom. The number of fused-ring (bicyclic) bond motifs is 1. The minimum Gasteiger partial charge on any atom is -0.462 e. The standard InChI is InChI=1S/C27H24N4O3S/c1-4-34-27(33)20-16-31(19-8-9-21-26(14-19)35-17(2)29-21)24(15-25(20)32)18-7-10-23(22(13-18)28-3)30-11-5-6-12-30/h7-10,13-16H,4-6,11-12H2,1-2H3. The number of carbonyl (C=O) groups is 1. The molecule has 0 radical (unpaired) electrons. The van der Waals surface area contributed by atoms with Gasteiger partial charge in [0.05, 0.1) is 34.1 Å². The molecule has 0 unspecified atom stereocenters. The maximum Gasteiger partial charge on any atom is 0.343 e. The third-order valence-electron chi connectivity index (χ3n) is 6.14. The molecule has 0 aliphatic carbocycles. The quantitative estimate of drug-likeness (QED) is 0.266. The van der Waals surface area contributed by atoms with Crippen molar-refractivity contribution in [1.82, 2.24) is 9.55 Å². The second-order valence-corrected chi connectivity index (χ2v) is 9.66. The highest BCUT2D eigenvalue weighted by molar-refractivity contribution is 7.18. The third-order valence-corrected chi connectivity index (χ3v) is 7.08. The summed E-state index contributed by atoms with van der Waals surface area (Å²) in [5, 5.41) is 0.962. The number of benzene rings is 2. The van der Waals surface area contributed by atoms with Gasteiger partial charge >= 0.3 is 5.97 Å². The zero-order chi connectivity index (χ0) is 24.5. The molecule has 176 valence electrons. The Labute approximate surface area is 207 Å². The first-order valence-corrected chi connectivity index (χ1v) is 12.4. The molecule has 0 amide bonds. The summed E-state index contributed by atoms with van der Waals surface area (Å²) in [6.07, 6.45) is 3.78. The van der Waals surface area contributed by atoms with E-state index in [0.29, 0.717) is 11.4 Å². The molecule has 1 fully saturated rings. The van der Waals surface area contributed by atoms with E-state index in [1.807, 2.05) is 47.9 Å². The lowest BCUT2D eigenvalue weighted by Crippen LogP contribution is -2.20. The van der Waals surface area contributed by atoms with Crippen LogP contribution < -0.4 is 10.3 Å². The van der Waals surface area contributed by atoms with E-state index >= 15 is 0 Å². The van der Waals surface area contributed by atoms with Crippen molar-refractivity contribution in [3.8, 4) is 16.9 Å². The van der Waals surface area contributed by atoms with Crippen molar-refractivity contribution < 1.29 is 9.53 Å². The number of hydrogen-bond donors (Lipinski definition) is 0. The van der Waals surface area contributed by atoms with Gasteiger partial charge in [-0.05, 0) is 62.6 Å². The largest absolute Gasteiger partial charge is 0.462 e. The lowest BCUT2D eigenvalue weighted by Gasteiger charge is -2.21. The van der Waals surface area contributed by atoms with Gasteiger partial charge in [0, 0.05) is 36.7 Å². The van der Waals surface area contributed by atoms with Gasteiger partial charge in [-0.2, -0.15) is 0 Å². The Morgan fingerprint density at radius 2 is 1.97 bits per heavy atom. The fourth-order valence-electron chi connectivity index (χ4n) is 4.51. The molecular formula is C27H24N4O3S. The molecule has 2 aromatic carbocycles. The lowest BCUT2D eigenvalue weighted by atomic mass is 10.1. The van der Waals surface area contributed by atoms with Gasteiger partial charge in [-0.15, -0.1) is 11.3 Å². The average Bonchev–Trinajstić information content (AvgIpc) is 3.52. The summed E-state index contributed by atoms with van der Waals surface area (Å²) in [5.74, 6) is -0.654. The van der Waals surface area contributed by atoms with Crippen LogP contribution in [0.4, 0.5) is 11.4 Å². The van der Waals surface area contributed by atoms with Crippen molar-refractivity contribution in [1.29, 1.82) is 0 Å². The SMILES string of the molecule is [C-]#[N+]c1cc(-c2cc(=O)c(C(=O)OCC)cn2-c2ccc3nc(C)sc3c2)ccc1N1CCCC1. The lowest BCUT2D eigenvalue weighted by molar-refractivity contribution is 0.0524. The molecule has 4 aromatic rings. The molecule has 8 heteroatoms. The summed E-state index contributed by atoms with van der Waals surface area (Å²) in [7, 11) is 0. The minimum atomic E-state index is -0.654. The average molecular weight is 485 g/mol. The fraction of sp³-hybridized carbons (Fsp3) is 0.259. The van der Waals surface area contributed by atoms with Crippen molar-refractivity contribution in [2.45, 2.75) is 26.7 Å². The Kier molecular flexibility index (Phi) is 6.10. The summed E-state index contributed by atoms with van der Waals surface area (Å²) in [4.78, 5) is 36.0. The molecule has 7 nitrogen and oxygen atoms in total. The maximum absolute atomic E-state index is 13.0. The summed E-state index contributed by atoms with van der Waals surface area (Å²) in [6, 6.07) is 13.0. The van der Waals surface area contributed by atoms with Crippen molar-refractivity contribution >= 4 is 38.9 Å². The van der Waals surface area contributed by atoms with Gasteiger partial charge in [-0.25, -0.2) is 14.6 Å². The van der Waals surface area contributed by atoms with Gasteiger partial charge in [0.2, 0.25) is 5.69 Å². The van der Waals surface area contributed by atoms with E-state index < -0.39 is 11.4 Å². The molecule has 1 saturated heterocycles. The van der Waals surface area contributed by atoms with Crippen LogP contribution in [0.2, 0.25) is 0 Å². The van der Waals surface area contributed by atoms with Crippen LogP contribution in [-0.2, 0) is 4.74 Å². The predicted molar refractivity (Wildman–Crippen MR) is 139 cm³/mol. The summed E-state index contributed by atoms with van der Waals surface area (Å²) < 4.78 is 7.95. The number of ether oxygens (including phenoxy) is 1. The van der Waals surface area contributed by atoms with E-state index in [1.54, 1.807) is 18.3 Å². The number of esters is 1. The topological polar surface area (TPSA) is 68.8 Å². The zero-order valence-electron chi connectivity index (χ0n) is 19.6. The molecule has 5 rings (SSSR count). The van der Waals surface area contributed by atoms with Gasteiger partial charge in [-0.3, -0.25) is 4.79 Å². The number of aromatic nitrogens is 2. The van der Waals surface area contributed by atoms with Gasteiger partial charge in [0.15, 0.2) is 5.43 Å². The number of hydrogen-bond acceptors (Lipinski definition) is 6. The first kappa shape index (κ1) is 22.8. The molecular weight excluding hydrogens is 460 g/mol. The Bertz CT molecular complexity index is 1540. The highest BCUT2D eigenvalue weighted by Gasteiger charge is 2.20. The van der Waals surface area contributed by atoms with E-state index in [2.05, 4.69) is 14.7 Å². The molecule has 3 heterocycles. The molecule has 0 N–H and O–H groups in total. The fourth-order valence-corrected chi connectivity index (χ4v) is 5.37. The van der Waals surface area contributed by atoms with Gasteiger partial charge in [-0.1, -0.05) is 6.07 Å². The van der Waals surface area contributed by atoms with E-state index in [-0.39, 0.29) is 12.2 Å². The van der Waals surface area contributed by atoms with Crippen LogP contribution in [0.25, 0.3) is 32.0 Å². The summed E-state index contributed by atoms with van der Waals surface area (Å²) >= 11 is 1.58. The molecule has 0 bridgehead atoms. The van der Waals surface area contributed by atoms with Crippen molar-refractivity contribution in [3.63, 3.8) is 0 Å². The van der Waals surface area contributed by atoms with Gasteiger partial charge < -0.3 is 14.2 Å². The monoisotopic (exact) mass is 484 g/mol. The van der Waals surface area contributed by atoms with Crippen LogP contribution in [0.5, 0.6) is 0 Å². The van der Waals surface area contributed by atoms with E-state index in [0.717, 1.165) is 58.1 Å². The highest BCUT2D eigenvalue weighted by Crippen LogP contribution is 2.36. The zero-order valence-corrected chi connectivity index (χ0v) is 20.4. The van der Waals surface area contributed by atoms with E-state index in [4.69, 9.17) is 11.3 Å². The Morgan fingerprint density at radius 1 is 1.17 bits per heavy atom. The van der Waals surface area contributed by atoms with Crippen molar-refractivity contribution in [2.24, 2.45) is 0 Å². The Hall–Kier alpha value is -3.96. The molecule has 1 aliphatic rings. The number of aryl methyl sites for hydroxylation is 1. The number of anilines is 1. The molecule has 35 heavy (non-hydrogen) atoms. The van der Waals surface area contributed by atoms with Crippen molar-refractivity contribution in [2.75, 3.05) is 24.6 Å². The van der Waals surface area contributed by atoms with Gasteiger partial charge in [0.1, 0.15) is 5.56 Å². The molecule has 0 spiro atoms. The predicted octanol–water partition coefficient (Wildman–Crippen LogP) is 5.75. The summed E-state index contributed by atoms with van der Waals surface area (Å²) in [6.45, 7) is 13.5. The van der Waals surface area contributed by atoms with Crippen LogP contribution >= 0.6 is 11.3 Å². The summed E-state index contributed by atoms with van der Waals surface area (Å²) in [5.41, 5.74) is 4.02. The number of thiazole rings is 1. The van der Waals surface area contributed by atoms with Crippen LogP contribution in [0.1, 0.15) is 35.1 Å². The van der Waals surface area contributed by atoms with Crippen LogP contribution in [0.15, 0.2) is 53.5 Å². The van der Waals surface area contributed by atoms with Crippen LogP contribution in [-0.4, -0.2) is 35.2 Å². The smallest absolute Gasteiger partial charge is 0.343 e. The molecule has 0 atom stereocenters. The third kappa shape index (κ3) is 4.31. The van der Waals surface area contributed by atoms with Crippen LogP contribution in [0.3, 0.4) is 0 Å². The first-order valence-electron chi connectivity index (χ1n) is 11.6. The van der Waals surface area contributed by atoms with E-state index in [1.165, 1.54) is 12.3 Å². The van der Waals surface area contributed by atoms with Crippen LogP contribution in [0, 0.1) is 13.5 Å². The molecule has 0 saturated carbocycles. The highest BCUT2D eigenvalue weighted by atomic mass is 32.1. The molecule has 1 aliphatic heterocycles. The Balaban J connectivity index is 1.70. The second-order valence-electron chi connectivity index (χ2n) is 8.42. The van der Waals surface area contributed by atoms with E-state index in [9.17, 15) is 9.59 Å². The maximum atomic E-state index is 13.0. The van der Waals surface area contributed by atoms with Crippen molar-refractivity contribution in [3.05, 3.63) is 80.9 Å². The number of rotatable bonds is 5. The second kappa shape index (κ2) is 9.35.